The van der Waals surface area contributed by atoms with Gasteiger partial charge in [0.2, 0.25) is 41.3 Å². The van der Waals surface area contributed by atoms with Gasteiger partial charge in [0, 0.05) is 55.5 Å². The number of aliphatic hydroxyl groups excluding tert-OH is 2. The predicted molar refractivity (Wildman–Crippen MR) is 401 cm³/mol. The highest BCUT2D eigenvalue weighted by atomic mass is 35.5. The molecule has 2 aromatic heterocycles. The van der Waals surface area contributed by atoms with Crippen LogP contribution in [0.2, 0.25) is 10.0 Å². The van der Waals surface area contributed by atoms with E-state index in [9.17, 15) is 63.3 Å². The lowest BCUT2D eigenvalue weighted by Gasteiger charge is -2.37. The van der Waals surface area contributed by atoms with Crippen LogP contribution in [0.5, 0.6) is 11.8 Å². The van der Waals surface area contributed by atoms with Crippen LogP contribution in [0.25, 0.3) is 0 Å². The molecule has 8 rings (SSSR count). The number of hydrogen-bond donors (Lipinski definition) is 11. The molecule has 12 N–H and O–H groups in total. The number of halogens is 2. The van der Waals surface area contributed by atoms with E-state index in [0.717, 1.165) is 96.3 Å². The monoisotopic (exact) mass is 1540 g/mol. The second-order valence-corrected chi connectivity index (χ2v) is 34.3. The highest BCUT2D eigenvalue weighted by molar-refractivity contribution is 6.30. The van der Waals surface area contributed by atoms with Crippen LogP contribution in [0.4, 0.5) is 9.59 Å². The summed E-state index contributed by atoms with van der Waals surface area (Å²) in [6, 6.07) is -0.823. The third kappa shape index (κ3) is 28.9. The number of aromatic nitrogens is 2. The summed E-state index contributed by atoms with van der Waals surface area (Å²) in [5, 5.41) is 50.9. The van der Waals surface area contributed by atoms with Gasteiger partial charge in [-0.1, -0.05) is 130 Å². The number of carbonyl (C=O) groups is 10. The van der Waals surface area contributed by atoms with E-state index in [4.69, 9.17) is 47.9 Å². The molecule has 29 nitrogen and oxygen atoms in total. The van der Waals surface area contributed by atoms with Gasteiger partial charge in [0.25, 0.3) is 11.8 Å². The van der Waals surface area contributed by atoms with E-state index in [1.54, 1.807) is 86.6 Å². The molecule has 31 heteroatoms. The average molecular weight is 1540 g/mol. The van der Waals surface area contributed by atoms with Gasteiger partial charge >= 0.3 is 18.2 Å². The summed E-state index contributed by atoms with van der Waals surface area (Å²) in [7, 11) is 0. The summed E-state index contributed by atoms with van der Waals surface area (Å²) in [5.74, 6) is -4.40. The van der Waals surface area contributed by atoms with E-state index in [2.05, 4.69) is 47.2 Å². The van der Waals surface area contributed by atoms with E-state index in [1.807, 2.05) is 34.6 Å². The van der Waals surface area contributed by atoms with Crippen molar-refractivity contribution in [2.45, 2.75) is 321 Å². The molecule has 2 aromatic rings. The maximum Gasteiger partial charge on any atom is 0.408 e. The summed E-state index contributed by atoms with van der Waals surface area (Å²) in [6.45, 7) is 25.1. The first-order valence-electron chi connectivity index (χ1n) is 38.1. The molecule has 0 bridgehead atoms. The minimum absolute atomic E-state index is 0.00473. The fourth-order valence-corrected chi connectivity index (χ4v) is 13.7. The Balaban J connectivity index is 0.000000292. The third-order valence-corrected chi connectivity index (χ3v) is 19.8. The Labute approximate surface area is 640 Å². The number of alkyl carbamates (subject to hydrolysis) is 2. The normalized spacial score (nSPS) is 21.6. The molecule has 600 valence electrons. The molecule has 2 unspecified atom stereocenters. The first kappa shape index (κ1) is 88.6. The lowest BCUT2D eigenvalue weighted by Crippen LogP contribution is -2.62. The Bertz CT molecular complexity index is 3290. The molecular weight excluding hydrogens is 1420 g/mol. The van der Waals surface area contributed by atoms with Crippen LogP contribution in [0.15, 0.2) is 36.7 Å². The SMILES string of the molecule is CC(C)(C)OC(=O)N[C@H](C(=O)N[C@H](C(=O)N1C[C@H](Oc2ccc(Cl)cn2)C[C@H]1C(=O)O)C(C)(C)C)C1CCCCC1.CCC[C@H](N)C(O)C(=O)NC1CC1.CCC[C@H](NC(=O)[C@@H]1C[C@@H](Oc2ccc(Cl)cn2)CN1C(=O)[C@@H](NC(=O)[C@@H](NC(=O)OC(C)(C)C)C1CCCCC1)C(C)(C)C)C(O)C(=O)NC1CC1. The van der Waals surface area contributed by atoms with Crippen molar-refractivity contribution in [3.63, 3.8) is 0 Å². The maximum absolute atomic E-state index is 14.7. The number of ether oxygens (including phenoxy) is 4. The number of nitrogens with two attached hydrogens (primary N) is 1. The minimum atomic E-state index is -1.48. The van der Waals surface area contributed by atoms with Gasteiger partial charge in [0.15, 0.2) is 6.10 Å². The fourth-order valence-electron chi connectivity index (χ4n) is 13.4. The van der Waals surface area contributed by atoms with Gasteiger partial charge in [0.1, 0.15) is 65.8 Å². The number of hydrogen-bond acceptors (Lipinski definition) is 19. The number of carbonyl (C=O) groups excluding carboxylic acids is 9. The average Bonchev–Trinajstić information content (AvgIpc) is 1.70. The number of pyridine rings is 2. The van der Waals surface area contributed by atoms with E-state index in [-0.39, 0.29) is 67.5 Å². The van der Waals surface area contributed by atoms with Crippen molar-refractivity contribution in [1.82, 2.24) is 57.0 Å². The van der Waals surface area contributed by atoms with Crippen molar-refractivity contribution in [1.29, 1.82) is 0 Å². The second-order valence-electron chi connectivity index (χ2n) is 33.4. The number of nitrogens with zero attached hydrogens (tertiary/aromatic N) is 4. The highest BCUT2D eigenvalue weighted by Gasteiger charge is 2.50. The molecule has 2 aliphatic heterocycles. The van der Waals surface area contributed by atoms with Crippen molar-refractivity contribution in [3.05, 3.63) is 46.7 Å². The van der Waals surface area contributed by atoms with Gasteiger partial charge in [0.05, 0.1) is 29.2 Å². The Morgan fingerprint density at radius 3 is 1.25 bits per heavy atom. The van der Waals surface area contributed by atoms with Crippen LogP contribution < -0.4 is 52.4 Å². The van der Waals surface area contributed by atoms with Crippen molar-refractivity contribution in [2.24, 2.45) is 28.4 Å². The molecule has 12 atom stereocenters. The molecule has 6 aliphatic rings. The van der Waals surface area contributed by atoms with Gasteiger partial charge in [-0.15, -0.1) is 0 Å². The number of aliphatic carboxylic acids is 1. The zero-order valence-corrected chi connectivity index (χ0v) is 66.4. The first-order valence-corrected chi connectivity index (χ1v) is 38.8. The molecular formula is C76H120Cl2N12O17. The molecule has 107 heavy (non-hydrogen) atoms. The number of likely N-dealkylation sites (tertiary alicyclic amines) is 2. The van der Waals surface area contributed by atoms with E-state index in [0.29, 0.717) is 29.3 Å². The van der Waals surface area contributed by atoms with Crippen molar-refractivity contribution in [3.8, 4) is 11.8 Å². The number of amides is 9. The van der Waals surface area contributed by atoms with Gasteiger partial charge in [-0.2, -0.15) is 0 Å². The number of nitrogens with one attached hydrogen (secondary N) is 7. The Hall–Kier alpha value is -7.34. The smallest absolute Gasteiger partial charge is 0.408 e. The molecule has 0 radical (unpaired) electrons. The summed E-state index contributed by atoms with van der Waals surface area (Å²) in [5.41, 5.74) is 2.50. The first-order chi connectivity index (χ1) is 50.0. The zero-order valence-electron chi connectivity index (χ0n) is 64.9. The summed E-state index contributed by atoms with van der Waals surface area (Å²) < 4.78 is 22.9. The Morgan fingerprint density at radius 1 is 0.523 bits per heavy atom. The van der Waals surface area contributed by atoms with Crippen LogP contribution in [0.3, 0.4) is 0 Å². The number of carboxylic acids is 1. The number of carboxylic acid groups (broad SMARTS) is 1. The highest BCUT2D eigenvalue weighted by Crippen LogP contribution is 2.34. The van der Waals surface area contributed by atoms with Crippen molar-refractivity contribution < 1.29 is 82.2 Å². The molecule has 4 heterocycles. The lowest BCUT2D eigenvalue weighted by atomic mass is 9.82. The quantitative estimate of drug-likeness (QED) is 0.0404. The van der Waals surface area contributed by atoms with Crippen LogP contribution in [0, 0.1) is 22.7 Å². The molecule has 9 amide bonds. The van der Waals surface area contributed by atoms with E-state index < -0.39 is 148 Å². The fraction of sp³-hybridized carbons (Fsp3) is 0.737. The molecule has 4 aliphatic carbocycles. The van der Waals surface area contributed by atoms with E-state index in [1.165, 1.54) is 22.2 Å². The van der Waals surface area contributed by atoms with Crippen LogP contribution >= 0.6 is 23.2 Å². The topological polar surface area (TPSA) is 411 Å². The second kappa shape index (κ2) is 39.9. The predicted octanol–water partition coefficient (Wildman–Crippen LogP) is 7.94. The summed E-state index contributed by atoms with van der Waals surface area (Å²) >= 11 is 11.9. The molecule has 2 saturated heterocycles. The van der Waals surface area contributed by atoms with Gasteiger partial charge in [-0.05, 0) is 141 Å². The van der Waals surface area contributed by atoms with Crippen LogP contribution in [0.1, 0.15) is 225 Å². The number of aliphatic hydroxyl groups is 2. The van der Waals surface area contributed by atoms with Crippen LogP contribution in [-0.4, -0.2) is 204 Å². The van der Waals surface area contributed by atoms with Gasteiger partial charge in [-0.3, -0.25) is 33.6 Å². The molecule has 6 fully saturated rings. The van der Waals surface area contributed by atoms with Gasteiger partial charge < -0.3 is 87.0 Å². The molecule has 4 saturated carbocycles. The van der Waals surface area contributed by atoms with Crippen molar-refractivity contribution in [2.75, 3.05) is 13.1 Å². The summed E-state index contributed by atoms with van der Waals surface area (Å²) in [4.78, 5) is 143. The largest absolute Gasteiger partial charge is 0.480 e. The van der Waals surface area contributed by atoms with E-state index >= 15 is 0 Å². The third-order valence-electron chi connectivity index (χ3n) is 19.3. The minimum Gasteiger partial charge on any atom is -0.480 e. The van der Waals surface area contributed by atoms with Gasteiger partial charge in [-0.25, -0.2) is 24.4 Å². The number of rotatable bonds is 27. The van der Waals surface area contributed by atoms with Crippen LogP contribution in [-0.2, 0) is 47.8 Å². The molecule has 0 aromatic carbocycles. The molecule has 0 spiro atoms. The standard InChI is InChI=1S/C38H59ClN6O8.C29H43ClN4O7.C9H18N2O2/c1-8-12-26(30(46)34(49)41-24-16-17-24)42-32(47)27-19-25(52-28-18-15-23(39)20-40-28)21-45(27)35(50)31(37(2,3)4)44-33(48)29(22-13-10-9-11-14-22)43-36(51)53-38(5,6)7;1-28(2,3)23(33-24(35)22(17-10-8-7-9-11-17)32-27(39)41-29(4,5)6)25(36)34-16-19(14-20(34)26(37)38)40-21-13-12-18(30)15-31-21;1-2-3-7(10)8(12)9(13)11-6-4-5-6/h15,18,20,22,24-27,29-31,46H,8-14,16-17,19,21H2,1-7H3,(H,41,49)(H,42,47)(H,43,51)(H,44,48);12-13,15,17,19-20,22-23H,7-11,14,16H2,1-6H3,(H,32,39)(H,33,35)(H,37,38);6-8,12H,2-5,10H2,1H3,(H,11,13)/t25-,26+,27+,29+,30?,31-;19-,20+,22+,23-;7-,8?/m110/s1. The zero-order chi connectivity index (χ0) is 79.5. The summed E-state index contributed by atoms with van der Waals surface area (Å²) in [6.07, 6.45) is 12.8. The maximum atomic E-state index is 14.7. The Kier molecular flexibility index (Phi) is 33.0. The van der Waals surface area contributed by atoms with Crippen molar-refractivity contribution >= 4 is 82.7 Å². The Morgan fingerprint density at radius 2 is 0.907 bits per heavy atom. The lowest BCUT2D eigenvalue weighted by molar-refractivity contribution is -0.151.